The molecule has 1 heterocycles. The van der Waals surface area contributed by atoms with Gasteiger partial charge in [-0.15, -0.1) is 12.3 Å². The van der Waals surface area contributed by atoms with Gasteiger partial charge in [-0.3, -0.25) is 0 Å². The van der Waals surface area contributed by atoms with E-state index in [9.17, 15) is 13.2 Å². The molecule has 130 valence electrons. The molecule has 2 rings (SSSR count). The van der Waals surface area contributed by atoms with E-state index >= 15 is 0 Å². The lowest BCUT2D eigenvalue weighted by Gasteiger charge is -2.32. The first-order chi connectivity index (χ1) is 11.4. The summed E-state index contributed by atoms with van der Waals surface area (Å²) < 4.78 is 22.3. The van der Waals surface area contributed by atoms with Gasteiger partial charge in [0.1, 0.15) is 0 Å². The summed E-state index contributed by atoms with van der Waals surface area (Å²) in [6.45, 7) is 1.03. The number of hydrogen-bond donors (Lipinski definition) is 2. The van der Waals surface area contributed by atoms with Crippen molar-refractivity contribution >= 4 is 16.1 Å². The van der Waals surface area contributed by atoms with Gasteiger partial charge < -0.3 is 10.2 Å². The molecule has 0 saturated carbocycles. The van der Waals surface area contributed by atoms with Crippen LogP contribution in [0, 0.1) is 18.3 Å². The highest BCUT2D eigenvalue weighted by Crippen LogP contribution is 2.20. The fourth-order valence-corrected chi connectivity index (χ4v) is 3.92. The Labute approximate surface area is 143 Å². The van der Waals surface area contributed by atoms with Gasteiger partial charge in [0, 0.05) is 19.5 Å². The summed E-state index contributed by atoms with van der Waals surface area (Å²) in [5.74, 6) is 2.59. The first-order valence-electron chi connectivity index (χ1n) is 7.93. The SMILES string of the molecule is C#CC[C@H](NC(=O)N1CCC(CS(N)(=O)=O)CC1)c1ccccc1. The smallest absolute Gasteiger partial charge is 0.317 e. The number of primary sulfonamides is 1. The minimum absolute atomic E-state index is 0.0136. The van der Waals surface area contributed by atoms with Crippen LogP contribution >= 0.6 is 0 Å². The second-order valence-corrected chi connectivity index (χ2v) is 7.74. The van der Waals surface area contributed by atoms with E-state index in [2.05, 4.69) is 11.2 Å². The topological polar surface area (TPSA) is 92.5 Å². The maximum absolute atomic E-state index is 12.5. The Kier molecular flexibility index (Phi) is 6.23. The number of hydrogen-bond acceptors (Lipinski definition) is 3. The van der Waals surface area contributed by atoms with E-state index < -0.39 is 10.0 Å². The van der Waals surface area contributed by atoms with Crippen LogP contribution in [-0.4, -0.2) is 38.2 Å². The number of likely N-dealkylation sites (tertiary alicyclic amines) is 1. The summed E-state index contributed by atoms with van der Waals surface area (Å²) in [5.41, 5.74) is 0.966. The number of nitrogens with zero attached hydrogens (tertiary/aromatic N) is 1. The molecular weight excluding hydrogens is 326 g/mol. The number of sulfonamides is 1. The lowest BCUT2D eigenvalue weighted by atomic mass is 9.99. The Morgan fingerprint density at radius 3 is 2.50 bits per heavy atom. The number of urea groups is 1. The third kappa shape index (κ3) is 5.55. The molecule has 7 heteroatoms. The van der Waals surface area contributed by atoms with Crippen LogP contribution in [0.3, 0.4) is 0 Å². The number of benzene rings is 1. The average molecular weight is 349 g/mol. The van der Waals surface area contributed by atoms with Crippen LogP contribution in [0.5, 0.6) is 0 Å². The number of amides is 2. The van der Waals surface area contributed by atoms with E-state index in [0.29, 0.717) is 32.4 Å². The van der Waals surface area contributed by atoms with Crippen molar-refractivity contribution in [1.29, 1.82) is 0 Å². The maximum Gasteiger partial charge on any atom is 0.317 e. The van der Waals surface area contributed by atoms with Crippen LogP contribution in [-0.2, 0) is 10.0 Å². The minimum Gasteiger partial charge on any atom is -0.330 e. The zero-order valence-corrected chi connectivity index (χ0v) is 14.3. The number of nitrogens with two attached hydrogens (primary N) is 1. The van der Waals surface area contributed by atoms with Crippen LogP contribution in [0.4, 0.5) is 4.79 Å². The molecule has 3 N–H and O–H groups in total. The Balaban J connectivity index is 1.91. The zero-order valence-electron chi connectivity index (χ0n) is 13.5. The van der Waals surface area contributed by atoms with Crippen molar-refractivity contribution in [3.05, 3.63) is 35.9 Å². The van der Waals surface area contributed by atoms with Gasteiger partial charge in [0.05, 0.1) is 11.8 Å². The Bertz CT molecular complexity index is 690. The molecule has 1 aliphatic heterocycles. The highest BCUT2D eigenvalue weighted by molar-refractivity contribution is 7.89. The van der Waals surface area contributed by atoms with Gasteiger partial charge >= 0.3 is 6.03 Å². The molecular formula is C17H23N3O3S. The van der Waals surface area contributed by atoms with Crippen LogP contribution < -0.4 is 10.5 Å². The number of nitrogens with one attached hydrogen (secondary N) is 1. The number of piperidine rings is 1. The van der Waals surface area contributed by atoms with Crippen molar-refractivity contribution in [3.63, 3.8) is 0 Å². The Hall–Kier alpha value is -2.04. The predicted molar refractivity (Wildman–Crippen MR) is 93.4 cm³/mol. The first kappa shape index (κ1) is 18.3. The summed E-state index contributed by atoms with van der Waals surface area (Å²) in [6, 6.07) is 9.18. The van der Waals surface area contributed by atoms with Crippen molar-refractivity contribution in [2.75, 3.05) is 18.8 Å². The normalized spacial score (nSPS) is 17.1. The predicted octanol–water partition coefficient (Wildman–Crippen LogP) is 1.46. The fraction of sp³-hybridized carbons (Fsp3) is 0.471. The molecule has 6 nitrogen and oxygen atoms in total. The molecule has 1 aliphatic rings. The molecule has 0 radical (unpaired) electrons. The van der Waals surface area contributed by atoms with Crippen LogP contribution in [0.1, 0.15) is 30.9 Å². The van der Waals surface area contributed by atoms with Crippen LogP contribution in [0.25, 0.3) is 0 Å². The van der Waals surface area contributed by atoms with E-state index in [1.165, 1.54) is 0 Å². The number of rotatable bonds is 5. The lowest BCUT2D eigenvalue weighted by molar-refractivity contribution is 0.171. The average Bonchev–Trinajstić information content (AvgIpc) is 2.54. The molecule has 1 atom stereocenters. The van der Waals surface area contributed by atoms with E-state index in [-0.39, 0.29) is 23.7 Å². The largest absolute Gasteiger partial charge is 0.330 e. The summed E-state index contributed by atoms with van der Waals surface area (Å²) >= 11 is 0. The molecule has 1 aromatic carbocycles. The van der Waals surface area contributed by atoms with Crippen molar-refractivity contribution < 1.29 is 13.2 Å². The number of carbonyl (C=O) groups excluding carboxylic acids is 1. The van der Waals surface area contributed by atoms with E-state index in [1.807, 2.05) is 30.3 Å². The van der Waals surface area contributed by atoms with E-state index in [0.717, 1.165) is 5.56 Å². The van der Waals surface area contributed by atoms with Crippen molar-refractivity contribution in [1.82, 2.24) is 10.2 Å². The monoisotopic (exact) mass is 349 g/mol. The molecule has 0 unspecified atom stereocenters. The Morgan fingerprint density at radius 2 is 1.96 bits per heavy atom. The molecule has 0 aliphatic carbocycles. The van der Waals surface area contributed by atoms with Gasteiger partial charge in [0.15, 0.2) is 0 Å². The van der Waals surface area contributed by atoms with E-state index in [1.54, 1.807) is 4.90 Å². The molecule has 0 aromatic heterocycles. The van der Waals surface area contributed by atoms with Gasteiger partial charge in [-0.05, 0) is 24.3 Å². The van der Waals surface area contributed by atoms with Gasteiger partial charge in [0.2, 0.25) is 10.0 Å². The quantitative estimate of drug-likeness (QED) is 0.788. The van der Waals surface area contributed by atoms with E-state index in [4.69, 9.17) is 11.6 Å². The molecule has 0 spiro atoms. The number of terminal acetylenes is 1. The second-order valence-electron chi connectivity index (χ2n) is 6.08. The van der Waals surface area contributed by atoms with Gasteiger partial charge in [0.25, 0.3) is 0 Å². The van der Waals surface area contributed by atoms with Gasteiger partial charge in [-0.2, -0.15) is 0 Å². The maximum atomic E-state index is 12.5. The molecule has 1 fully saturated rings. The fourth-order valence-electron chi connectivity index (χ4n) is 2.93. The lowest BCUT2D eigenvalue weighted by Crippen LogP contribution is -2.46. The van der Waals surface area contributed by atoms with Crippen LogP contribution in [0.15, 0.2) is 30.3 Å². The number of carbonyl (C=O) groups is 1. The second kappa shape index (κ2) is 8.18. The van der Waals surface area contributed by atoms with Crippen molar-refractivity contribution in [2.45, 2.75) is 25.3 Å². The summed E-state index contributed by atoms with van der Waals surface area (Å²) in [6.07, 6.45) is 7.10. The van der Waals surface area contributed by atoms with Crippen molar-refractivity contribution in [2.24, 2.45) is 11.1 Å². The molecule has 1 saturated heterocycles. The zero-order chi connectivity index (χ0) is 17.6. The molecule has 0 bridgehead atoms. The highest BCUT2D eigenvalue weighted by atomic mass is 32.2. The summed E-state index contributed by atoms with van der Waals surface area (Å²) in [4.78, 5) is 14.2. The molecule has 2 amide bonds. The highest BCUT2D eigenvalue weighted by Gasteiger charge is 2.26. The Morgan fingerprint density at radius 1 is 1.33 bits per heavy atom. The third-order valence-corrected chi connectivity index (χ3v) is 5.13. The molecule has 24 heavy (non-hydrogen) atoms. The van der Waals surface area contributed by atoms with Crippen molar-refractivity contribution in [3.8, 4) is 12.3 Å². The van der Waals surface area contributed by atoms with Gasteiger partial charge in [-0.1, -0.05) is 30.3 Å². The summed E-state index contributed by atoms with van der Waals surface area (Å²) in [7, 11) is -3.47. The van der Waals surface area contributed by atoms with Gasteiger partial charge in [-0.25, -0.2) is 18.4 Å². The third-order valence-electron chi connectivity index (χ3n) is 4.19. The standard InChI is InChI=1S/C17H23N3O3S/c1-2-6-16(15-7-4-3-5-8-15)19-17(21)20-11-9-14(10-12-20)13-24(18,22)23/h1,3-5,7-8,14,16H,6,9-13H2,(H,19,21)(H2,18,22,23)/t16-/m0/s1. The minimum atomic E-state index is -3.47. The summed E-state index contributed by atoms with van der Waals surface area (Å²) in [5, 5.41) is 8.05. The van der Waals surface area contributed by atoms with Crippen LogP contribution in [0.2, 0.25) is 0 Å². The molecule has 1 aromatic rings. The first-order valence-corrected chi connectivity index (χ1v) is 9.65.